The van der Waals surface area contributed by atoms with Gasteiger partial charge in [-0.15, -0.1) is 0 Å². The Balaban J connectivity index is 3.29. The highest BCUT2D eigenvalue weighted by Gasteiger charge is 2.44. The Bertz CT molecular complexity index is 438. The molecule has 0 spiro atoms. The molecule has 16 heavy (non-hydrogen) atoms. The first-order valence-corrected chi connectivity index (χ1v) is 7.72. The Hall–Kier alpha value is -0.190. The van der Waals surface area contributed by atoms with Gasteiger partial charge in [-0.1, -0.05) is 23.7 Å². The summed E-state index contributed by atoms with van der Waals surface area (Å²) in [5.74, 6) is 0. The molecule has 0 radical (unpaired) electrons. The van der Waals surface area contributed by atoms with Crippen molar-refractivity contribution in [1.82, 2.24) is 0 Å². The number of halogens is 1. The molecule has 6 nitrogen and oxygen atoms in total. The van der Waals surface area contributed by atoms with Crippen LogP contribution in [0.25, 0.3) is 0 Å². The quantitative estimate of drug-likeness (QED) is 0.629. The van der Waals surface area contributed by atoms with Crippen LogP contribution in [0.2, 0.25) is 5.02 Å². The molecule has 0 saturated carbocycles. The fourth-order valence-electron chi connectivity index (χ4n) is 1.22. The minimum atomic E-state index is -4.94. The van der Waals surface area contributed by atoms with Gasteiger partial charge in [0.15, 0.2) is 5.40 Å². The van der Waals surface area contributed by atoms with Gasteiger partial charge in [0.1, 0.15) is 0 Å². The molecule has 0 bridgehead atoms. The molecule has 0 aliphatic heterocycles. The van der Waals surface area contributed by atoms with E-state index in [0.717, 1.165) is 0 Å². The van der Waals surface area contributed by atoms with Crippen molar-refractivity contribution in [2.45, 2.75) is 5.40 Å². The molecule has 1 rings (SSSR count). The van der Waals surface area contributed by atoms with Crippen molar-refractivity contribution in [3.63, 3.8) is 0 Å². The maximum Gasteiger partial charge on any atom is 0.345 e. The number of rotatable bonds is 3. The van der Waals surface area contributed by atoms with Crippen LogP contribution in [0.15, 0.2) is 24.3 Å². The molecule has 0 amide bonds. The maximum absolute atomic E-state index is 11.0. The minimum absolute atomic E-state index is 0.147. The molecule has 1 aromatic rings. The third-order valence-corrected chi connectivity index (χ3v) is 5.73. The Morgan fingerprint density at radius 2 is 1.31 bits per heavy atom. The van der Waals surface area contributed by atoms with Crippen LogP contribution in [0, 0.1) is 0 Å². The van der Waals surface area contributed by atoms with Crippen molar-refractivity contribution in [1.29, 1.82) is 0 Å². The van der Waals surface area contributed by atoms with Crippen LogP contribution in [-0.2, 0) is 9.13 Å². The van der Waals surface area contributed by atoms with E-state index >= 15 is 0 Å². The second kappa shape index (κ2) is 4.59. The number of hydrogen-bond acceptors (Lipinski definition) is 2. The van der Waals surface area contributed by atoms with Crippen molar-refractivity contribution >= 4 is 26.8 Å². The zero-order valence-electron chi connectivity index (χ0n) is 7.76. The average molecular weight is 287 g/mol. The molecule has 0 aromatic heterocycles. The van der Waals surface area contributed by atoms with Crippen LogP contribution in [0.3, 0.4) is 0 Å². The van der Waals surface area contributed by atoms with Gasteiger partial charge in [0.2, 0.25) is 0 Å². The molecule has 1 aromatic carbocycles. The highest BCUT2D eigenvalue weighted by atomic mass is 35.5. The summed E-state index contributed by atoms with van der Waals surface area (Å²) in [4.78, 5) is 35.7. The van der Waals surface area contributed by atoms with Crippen LogP contribution < -0.4 is 0 Å². The maximum atomic E-state index is 11.0. The average Bonchev–Trinajstić information content (AvgIpc) is 2.03. The fourth-order valence-corrected chi connectivity index (χ4v) is 4.03. The first-order chi connectivity index (χ1) is 7.12. The minimum Gasteiger partial charge on any atom is -0.324 e. The summed E-state index contributed by atoms with van der Waals surface area (Å²) in [5.41, 5.74) is -0.147. The Morgan fingerprint density at radius 1 is 0.938 bits per heavy atom. The highest BCUT2D eigenvalue weighted by molar-refractivity contribution is 7.70. The van der Waals surface area contributed by atoms with Crippen LogP contribution in [-0.4, -0.2) is 19.6 Å². The summed E-state index contributed by atoms with van der Waals surface area (Å²) in [6.45, 7) is 0. The van der Waals surface area contributed by atoms with Crippen molar-refractivity contribution < 1.29 is 28.7 Å². The van der Waals surface area contributed by atoms with E-state index in [1.165, 1.54) is 24.3 Å². The lowest BCUT2D eigenvalue weighted by molar-refractivity contribution is 0.340. The van der Waals surface area contributed by atoms with Crippen LogP contribution in [0.5, 0.6) is 0 Å². The largest absolute Gasteiger partial charge is 0.345 e. The predicted octanol–water partition coefficient (Wildman–Crippen LogP) is 1.69. The normalized spacial score (nSPS) is 13.1. The van der Waals surface area contributed by atoms with E-state index < -0.39 is 20.6 Å². The zero-order valence-corrected chi connectivity index (χ0v) is 10.3. The van der Waals surface area contributed by atoms with Gasteiger partial charge in [-0.05, 0) is 17.7 Å². The van der Waals surface area contributed by atoms with Crippen molar-refractivity contribution in [2.75, 3.05) is 0 Å². The lowest BCUT2D eigenvalue weighted by Gasteiger charge is -2.19. The van der Waals surface area contributed by atoms with Gasteiger partial charge in [0.05, 0.1) is 0 Å². The van der Waals surface area contributed by atoms with Gasteiger partial charge in [-0.3, -0.25) is 9.13 Å². The second-order valence-electron chi connectivity index (χ2n) is 3.10. The van der Waals surface area contributed by atoms with Gasteiger partial charge in [0.25, 0.3) is 0 Å². The standard InChI is InChI=1S/C7H9ClO6P2/c8-6-3-1-5(2-4-6)7(15(9,10)11)16(12,13)14/h1-4,7H,(H2,9,10,11)(H2,12,13,14). The Kier molecular flexibility index (Phi) is 3.98. The first-order valence-electron chi connectivity index (χ1n) is 3.98. The molecule has 0 heterocycles. The molecule has 0 aliphatic rings. The molecular weight excluding hydrogens is 277 g/mol. The monoisotopic (exact) mass is 286 g/mol. The van der Waals surface area contributed by atoms with E-state index in [9.17, 15) is 9.13 Å². The molecule has 0 saturated heterocycles. The highest BCUT2D eigenvalue weighted by Crippen LogP contribution is 2.69. The molecule has 9 heteroatoms. The molecule has 0 atom stereocenters. The lowest BCUT2D eigenvalue weighted by atomic mass is 10.2. The van der Waals surface area contributed by atoms with Crippen molar-refractivity contribution in [2.24, 2.45) is 0 Å². The van der Waals surface area contributed by atoms with Gasteiger partial charge in [-0.2, -0.15) is 0 Å². The predicted molar refractivity (Wildman–Crippen MR) is 58.3 cm³/mol. The zero-order chi connectivity index (χ0) is 12.6. The van der Waals surface area contributed by atoms with Gasteiger partial charge < -0.3 is 19.6 Å². The Morgan fingerprint density at radius 3 is 1.62 bits per heavy atom. The smallest absolute Gasteiger partial charge is 0.324 e. The van der Waals surface area contributed by atoms with Crippen LogP contribution >= 0.6 is 26.8 Å². The van der Waals surface area contributed by atoms with E-state index in [0.29, 0.717) is 5.02 Å². The molecule has 0 fully saturated rings. The third kappa shape index (κ3) is 3.40. The summed E-state index contributed by atoms with van der Waals surface area (Å²) in [7, 11) is -9.88. The SMILES string of the molecule is O=P(O)(O)C(c1ccc(Cl)cc1)P(=O)(O)O. The van der Waals surface area contributed by atoms with E-state index in [-0.39, 0.29) is 5.56 Å². The number of benzene rings is 1. The molecule has 0 unspecified atom stereocenters. The van der Waals surface area contributed by atoms with Gasteiger partial charge in [-0.25, -0.2) is 0 Å². The summed E-state index contributed by atoms with van der Waals surface area (Å²) in [6, 6.07) is 4.95. The first kappa shape index (κ1) is 13.9. The summed E-state index contributed by atoms with van der Waals surface area (Å²) >= 11 is 5.56. The summed E-state index contributed by atoms with van der Waals surface area (Å²) in [5, 5.41) is -1.84. The molecular formula is C7H9ClO6P2. The van der Waals surface area contributed by atoms with E-state index in [2.05, 4.69) is 0 Å². The third-order valence-electron chi connectivity index (χ3n) is 1.81. The summed E-state index contributed by atoms with van der Waals surface area (Å²) < 4.78 is 22.1. The molecule has 0 aliphatic carbocycles. The van der Waals surface area contributed by atoms with Crippen molar-refractivity contribution in [3.05, 3.63) is 34.9 Å². The lowest BCUT2D eigenvalue weighted by Crippen LogP contribution is -2.00. The van der Waals surface area contributed by atoms with Crippen LogP contribution in [0.4, 0.5) is 0 Å². The topological polar surface area (TPSA) is 115 Å². The van der Waals surface area contributed by atoms with Gasteiger partial charge >= 0.3 is 15.2 Å². The van der Waals surface area contributed by atoms with E-state index in [1.54, 1.807) is 0 Å². The van der Waals surface area contributed by atoms with E-state index in [1.807, 2.05) is 0 Å². The number of hydrogen-bond donors (Lipinski definition) is 4. The summed E-state index contributed by atoms with van der Waals surface area (Å²) in [6.07, 6.45) is 0. The van der Waals surface area contributed by atoms with Gasteiger partial charge in [0, 0.05) is 5.02 Å². The Labute approximate surface area is 96.2 Å². The van der Waals surface area contributed by atoms with Crippen molar-refractivity contribution in [3.8, 4) is 0 Å². The molecule has 90 valence electrons. The van der Waals surface area contributed by atoms with Crippen LogP contribution in [0.1, 0.15) is 11.0 Å². The van der Waals surface area contributed by atoms with E-state index in [4.69, 9.17) is 31.2 Å². The molecule has 4 N–H and O–H groups in total. The second-order valence-corrected chi connectivity index (χ2v) is 7.34. The fraction of sp³-hybridized carbons (Fsp3) is 0.143.